The Morgan fingerprint density at radius 1 is 1.11 bits per heavy atom. The smallest absolute Gasteiger partial charge is 0.275 e. The summed E-state index contributed by atoms with van der Waals surface area (Å²) >= 11 is 1.34. The summed E-state index contributed by atoms with van der Waals surface area (Å²) in [4.78, 5) is 29.5. The van der Waals surface area contributed by atoms with Crippen molar-refractivity contribution in [3.8, 4) is 10.6 Å². The molecule has 4 aromatic rings. The van der Waals surface area contributed by atoms with Gasteiger partial charge in [0.15, 0.2) is 0 Å². The second-order valence-corrected chi connectivity index (χ2v) is 7.06. The first-order chi connectivity index (χ1) is 13.1. The highest BCUT2D eigenvalue weighted by Crippen LogP contribution is 2.24. The molecule has 0 fully saturated rings. The van der Waals surface area contributed by atoms with E-state index in [0.717, 1.165) is 16.1 Å². The summed E-state index contributed by atoms with van der Waals surface area (Å²) in [6, 6.07) is 18.3. The van der Waals surface area contributed by atoms with Crippen LogP contribution in [-0.4, -0.2) is 20.5 Å². The van der Waals surface area contributed by atoms with Crippen LogP contribution in [0.5, 0.6) is 0 Å². The minimum Gasteiger partial charge on any atom is -0.346 e. The van der Waals surface area contributed by atoms with Crippen molar-refractivity contribution in [2.75, 3.05) is 0 Å². The Kier molecular flexibility index (Phi) is 4.52. The van der Waals surface area contributed by atoms with Gasteiger partial charge in [0.25, 0.3) is 11.5 Å². The van der Waals surface area contributed by atoms with E-state index in [-0.39, 0.29) is 18.0 Å². The number of hydrogen-bond donors (Lipinski definition) is 1. The van der Waals surface area contributed by atoms with E-state index in [0.29, 0.717) is 16.2 Å². The predicted octanol–water partition coefficient (Wildman–Crippen LogP) is 3.06. The van der Waals surface area contributed by atoms with Crippen molar-refractivity contribution < 1.29 is 4.79 Å². The third-order valence-corrected chi connectivity index (χ3v) is 5.02. The fourth-order valence-corrected chi connectivity index (χ4v) is 3.55. The number of aromatic nitrogens is 3. The maximum Gasteiger partial charge on any atom is 0.275 e. The lowest BCUT2D eigenvalue weighted by Crippen LogP contribution is -2.25. The molecule has 134 valence electrons. The number of carbonyl (C=O) groups is 1. The number of hydrogen-bond acceptors (Lipinski definition) is 5. The molecule has 0 aliphatic heterocycles. The number of fused-ring (bicyclic) bond motifs is 1. The molecule has 2 heterocycles. The van der Waals surface area contributed by atoms with Gasteiger partial charge in [-0.15, -0.1) is 0 Å². The summed E-state index contributed by atoms with van der Waals surface area (Å²) in [6.07, 6.45) is 0. The first-order valence-corrected chi connectivity index (χ1v) is 9.22. The predicted molar refractivity (Wildman–Crippen MR) is 105 cm³/mol. The molecule has 1 amide bonds. The minimum atomic E-state index is -0.265. The lowest BCUT2D eigenvalue weighted by Gasteiger charge is -2.04. The van der Waals surface area contributed by atoms with Crippen LogP contribution in [-0.2, 0) is 6.54 Å². The third-order valence-electron chi connectivity index (χ3n) is 4.06. The van der Waals surface area contributed by atoms with Gasteiger partial charge in [-0.25, -0.2) is 4.98 Å². The van der Waals surface area contributed by atoms with E-state index in [1.165, 1.54) is 21.9 Å². The quantitative estimate of drug-likeness (QED) is 0.594. The monoisotopic (exact) mass is 376 g/mol. The minimum absolute atomic E-state index is 0.178. The van der Waals surface area contributed by atoms with Crippen LogP contribution in [0.3, 0.4) is 0 Å². The number of aryl methyl sites for hydroxylation is 1. The molecule has 0 saturated heterocycles. The van der Waals surface area contributed by atoms with E-state index in [1.54, 1.807) is 24.3 Å². The van der Waals surface area contributed by atoms with Gasteiger partial charge >= 0.3 is 0 Å². The van der Waals surface area contributed by atoms with Crippen LogP contribution in [0.2, 0.25) is 0 Å². The molecule has 2 aromatic carbocycles. The summed E-state index contributed by atoms with van der Waals surface area (Å²) in [6.45, 7) is 2.20. The Morgan fingerprint density at radius 3 is 2.59 bits per heavy atom. The fraction of sp³-hybridized carbons (Fsp3) is 0.100. The zero-order valence-corrected chi connectivity index (χ0v) is 15.4. The topological polar surface area (TPSA) is 76.4 Å². The zero-order valence-electron chi connectivity index (χ0n) is 14.5. The first-order valence-electron chi connectivity index (χ1n) is 8.40. The molecule has 2 aromatic heterocycles. The average molecular weight is 376 g/mol. The Balaban J connectivity index is 1.59. The maximum absolute atomic E-state index is 12.4. The molecular formula is C20H16N4O2S. The number of carbonyl (C=O) groups excluding carboxylic acids is 1. The van der Waals surface area contributed by atoms with E-state index >= 15 is 0 Å². The Bertz CT molecular complexity index is 1160. The molecule has 7 heteroatoms. The summed E-state index contributed by atoms with van der Waals surface area (Å²) < 4.78 is 1.29. The molecule has 0 aliphatic carbocycles. The molecule has 0 spiro atoms. The second kappa shape index (κ2) is 7.13. The maximum atomic E-state index is 12.4. The lowest BCUT2D eigenvalue weighted by molar-refractivity contribution is 0.0950. The molecular weight excluding hydrogens is 360 g/mol. The van der Waals surface area contributed by atoms with Gasteiger partial charge in [-0.1, -0.05) is 59.4 Å². The number of rotatable bonds is 4. The lowest BCUT2D eigenvalue weighted by atomic mass is 10.2. The van der Waals surface area contributed by atoms with Crippen LogP contribution in [0.4, 0.5) is 0 Å². The molecule has 4 rings (SSSR count). The van der Waals surface area contributed by atoms with Crippen molar-refractivity contribution in [2.24, 2.45) is 0 Å². The van der Waals surface area contributed by atoms with Crippen molar-refractivity contribution in [1.29, 1.82) is 0 Å². The van der Waals surface area contributed by atoms with Crippen molar-refractivity contribution in [2.45, 2.75) is 13.5 Å². The zero-order chi connectivity index (χ0) is 18.8. The molecule has 6 nitrogen and oxygen atoms in total. The summed E-state index contributed by atoms with van der Waals surface area (Å²) in [7, 11) is 0. The van der Waals surface area contributed by atoms with E-state index in [2.05, 4.69) is 15.4 Å². The van der Waals surface area contributed by atoms with Crippen LogP contribution in [0, 0.1) is 6.92 Å². The van der Waals surface area contributed by atoms with Crippen LogP contribution < -0.4 is 10.9 Å². The van der Waals surface area contributed by atoms with E-state index in [4.69, 9.17) is 0 Å². The van der Waals surface area contributed by atoms with Crippen molar-refractivity contribution >= 4 is 22.2 Å². The fourth-order valence-electron chi connectivity index (χ4n) is 2.62. The third kappa shape index (κ3) is 3.63. The van der Waals surface area contributed by atoms with E-state index < -0.39 is 0 Å². The standard InChI is InChI=1S/C20H16N4O2S/c1-13-7-9-15(10-8-13)19-23-24-17(25)11-16(22-20(24)27-19)12-21-18(26)14-5-3-2-4-6-14/h2-11H,12H2,1H3,(H,21,26). The molecule has 0 radical (unpaired) electrons. The van der Waals surface area contributed by atoms with Gasteiger partial charge in [-0.3, -0.25) is 9.59 Å². The molecule has 0 saturated carbocycles. The van der Waals surface area contributed by atoms with Crippen molar-refractivity contribution in [3.63, 3.8) is 0 Å². The first kappa shape index (κ1) is 17.1. The van der Waals surface area contributed by atoms with Gasteiger partial charge in [0.2, 0.25) is 4.96 Å². The van der Waals surface area contributed by atoms with Gasteiger partial charge in [0, 0.05) is 17.2 Å². The second-order valence-electron chi connectivity index (χ2n) is 6.10. The summed E-state index contributed by atoms with van der Waals surface area (Å²) in [5, 5.41) is 7.88. The highest BCUT2D eigenvalue weighted by molar-refractivity contribution is 7.19. The van der Waals surface area contributed by atoms with Crippen LogP contribution in [0.15, 0.2) is 65.5 Å². The Morgan fingerprint density at radius 2 is 1.85 bits per heavy atom. The van der Waals surface area contributed by atoms with Crippen LogP contribution >= 0.6 is 11.3 Å². The largest absolute Gasteiger partial charge is 0.346 e. The molecule has 0 aliphatic rings. The molecule has 0 unspecified atom stereocenters. The van der Waals surface area contributed by atoms with E-state index in [9.17, 15) is 9.59 Å². The van der Waals surface area contributed by atoms with Gasteiger partial charge in [0.05, 0.1) is 12.2 Å². The molecule has 1 N–H and O–H groups in total. The number of benzene rings is 2. The Labute approximate surface area is 159 Å². The summed E-state index contributed by atoms with van der Waals surface area (Å²) in [5.74, 6) is -0.206. The molecule has 0 bridgehead atoms. The van der Waals surface area contributed by atoms with Gasteiger partial charge in [-0.05, 0) is 19.1 Å². The van der Waals surface area contributed by atoms with Crippen LogP contribution in [0.25, 0.3) is 15.5 Å². The number of amides is 1. The highest BCUT2D eigenvalue weighted by atomic mass is 32.1. The summed E-state index contributed by atoms with van der Waals surface area (Å²) in [5.41, 5.74) is 2.90. The molecule has 27 heavy (non-hydrogen) atoms. The van der Waals surface area contributed by atoms with Gasteiger partial charge < -0.3 is 5.32 Å². The average Bonchev–Trinajstić information content (AvgIpc) is 3.12. The van der Waals surface area contributed by atoms with Gasteiger partial charge in [-0.2, -0.15) is 9.61 Å². The Hall–Kier alpha value is -3.32. The molecule has 0 atom stereocenters. The number of nitrogens with one attached hydrogen (secondary N) is 1. The van der Waals surface area contributed by atoms with E-state index in [1.807, 2.05) is 37.3 Å². The SMILES string of the molecule is Cc1ccc(-c2nn3c(=O)cc(CNC(=O)c4ccccc4)nc3s2)cc1. The van der Waals surface area contributed by atoms with Crippen LogP contribution in [0.1, 0.15) is 21.6 Å². The van der Waals surface area contributed by atoms with Crippen molar-refractivity contribution in [3.05, 3.63) is 87.8 Å². The van der Waals surface area contributed by atoms with Gasteiger partial charge in [0.1, 0.15) is 5.01 Å². The normalized spacial score (nSPS) is 10.9. The number of nitrogens with zero attached hydrogens (tertiary/aromatic N) is 3. The highest BCUT2D eigenvalue weighted by Gasteiger charge is 2.11. The van der Waals surface area contributed by atoms with Crippen molar-refractivity contribution in [1.82, 2.24) is 19.9 Å².